The Labute approximate surface area is 292 Å². The molecule has 1 saturated heterocycles. The van der Waals surface area contributed by atoms with Gasteiger partial charge >= 0.3 is 35.6 Å². The van der Waals surface area contributed by atoms with Crippen LogP contribution in [-0.2, 0) is 14.4 Å². The van der Waals surface area contributed by atoms with E-state index in [1.54, 1.807) is 0 Å². The van der Waals surface area contributed by atoms with Crippen LogP contribution < -0.4 is 50.6 Å². The summed E-state index contributed by atoms with van der Waals surface area (Å²) in [6, 6.07) is 1.63. The van der Waals surface area contributed by atoms with Gasteiger partial charge in [-0.15, -0.1) is 27.1 Å². The van der Waals surface area contributed by atoms with Crippen molar-refractivity contribution in [3.8, 4) is 17.6 Å². The third-order valence-corrected chi connectivity index (χ3v) is 9.85. The van der Waals surface area contributed by atoms with Crippen LogP contribution >= 0.6 is 34.9 Å². The normalized spacial score (nSPS) is 17.6. The van der Waals surface area contributed by atoms with Crippen LogP contribution in [0.5, 0.6) is 17.6 Å². The molecular weight excluding hydrogens is 678 g/mol. The molecule has 4 amide bonds. The first-order chi connectivity index (χ1) is 21.5. The number of aromatic nitrogens is 5. The molecular formula is C24H20N9NaO9S3. The summed E-state index contributed by atoms with van der Waals surface area (Å²) in [6.07, 6.45) is 0. The first kappa shape index (κ1) is 34.8. The van der Waals surface area contributed by atoms with E-state index in [2.05, 4.69) is 41.3 Å². The van der Waals surface area contributed by atoms with Crippen LogP contribution in [0.3, 0.4) is 0 Å². The molecule has 234 valence electrons. The molecule has 2 aliphatic rings. The van der Waals surface area contributed by atoms with E-state index in [1.165, 1.54) is 43.1 Å². The number of benzene rings is 1. The monoisotopic (exact) mass is 697 g/mol. The minimum absolute atomic E-state index is 0. The fraction of sp³-hybridized carbons (Fsp3) is 0.250. The van der Waals surface area contributed by atoms with Crippen molar-refractivity contribution in [2.45, 2.75) is 21.8 Å². The maximum Gasteiger partial charge on any atom is 1.00 e. The van der Waals surface area contributed by atoms with Gasteiger partial charge in [0, 0.05) is 18.6 Å². The molecule has 2 unspecified atom stereocenters. The number of hydrogen-bond acceptors (Lipinski definition) is 17. The zero-order valence-corrected chi connectivity index (χ0v) is 28.1. The van der Waals surface area contributed by atoms with Crippen molar-refractivity contribution in [3.05, 3.63) is 51.8 Å². The number of nitrogens with one attached hydrogen (secondary N) is 3. The van der Waals surface area contributed by atoms with Crippen molar-refractivity contribution in [3.63, 3.8) is 0 Å². The van der Waals surface area contributed by atoms with Crippen LogP contribution in [0.1, 0.15) is 31.9 Å². The summed E-state index contributed by atoms with van der Waals surface area (Å²) >= 11 is 3.35. The number of carbonyl (C=O) groups is 5. The van der Waals surface area contributed by atoms with Gasteiger partial charge in [0.25, 0.3) is 17.7 Å². The number of phenols is 1. The molecule has 2 aromatic heterocycles. The first-order valence-electron chi connectivity index (χ1n) is 12.6. The minimum Gasteiger partial charge on any atom is -0.543 e. The van der Waals surface area contributed by atoms with Gasteiger partial charge < -0.3 is 41.2 Å². The zero-order chi connectivity index (χ0) is 32.4. The van der Waals surface area contributed by atoms with E-state index in [0.29, 0.717) is 9.91 Å². The molecule has 3 atom stereocenters. The molecule has 5 rings (SSSR count). The van der Waals surface area contributed by atoms with Crippen LogP contribution in [0.4, 0.5) is 0 Å². The van der Waals surface area contributed by atoms with Gasteiger partial charge in [-0.2, -0.15) is 4.98 Å². The van der Waals surface area contributed by atoms with Crippen molar-refractivity contribution >= 4 is 64.5 Å². The molecule has 1 fully saturated rings. The van der Waals surface area contributed by atoms with Gasteiger partial charge in [-0.1, -0.05) is 40.3 Å². The second kappa shape index (κ2) is 14.6. The van der Waals surface area contributed by atoms with E-state index in [-0.39, 0.29) is 63.1 Å². The second-order valence-corrected chi connectivity index (χ2v) is 12.5. The van der Waals surface area contributed by atoms with Crippen molar-refractivity contribution in [1.82, 2.24) is 46.2 Å². The molecule has 6 N–H and O–H groups in total. The molecule has 4 heterocycles. The van der Waals surface area contributed by atoms with Crippen molar-refractivity contribution in [2.24, 2.45) is 0 Å². The SMILES string of the molecule is CNC(=O)c1nnc(SCC2=C(C(=O)[O-])N3C(=O)C(NC(=O)C(NC(=O)c4nnc(O)nc4O)c4ccc(O)cc4)[C@H]3SC2)s1.[Na+]. The first-order valence-corrected chi connectivity index (χ1v) is 15.4. The topological polar surface area (TPSA) is 273 Å². The number of carboxylic acids is 1. The number of nitrogens with zero attached hydrogens (tertiary/aromatic N) is 6. The Bertz CT molecular complexity index is 1740. The van der Waals surface area contributed by atoms with Gasteiger partial charge in [-0.25, -0.2) is 0 Å². The molecule has 0 spiro atoms. The summed E-state index contributed by atoms with van der Waals surface area (Å²) in [5.41, 5.74) is -0.502. The molecule has 22 heteroatoms. The molecule has 0 radical (unpaired) electrons. The third kappa shape index (κ3) is 7.18. The average Bonchev–Trinajstić information content (AvgIpc) is 3.50. The number of thioether (sulfide) groups is 2. The Morgan fingerprint density at radius 2 is 1.80 bits per heavy atom. The fourth-order valence-electron chi connectivity index (χ4n) is 4.26. The number of aromatic hydroxyl groups is 3. The maximum atomic E-state index is 13.5. The Balaban J connectivity index is 0.00000480. The second-order valence-electron chi connectivity index (χ2n) is 9.16. The molecule has 3 aromatic rings. The molecule has 0 saturated carbocycles. The number of β-lactam (4-membered cyclic amide) rings is 1. The number of hydrogen-bond donors (Lipinski definition) is 6. The maximum absolute atomic E-state index is 13.5. The Hall–Kier alpha value is -4.02. The van der Waals surface area contributed by atoms with E-state index in [9.17, 15) is 44.4 Å². The smallest absolute Gasteiger partial charge is 0.543 e. The van der Waals surface area contributed by atoms with Crippen LogP contribution in [-0.4, -0.2) is 105 Å². The minimum atomic E-state index is -1.59. The van der Waals surface area contributed by atoms with Crippen molar-refractivity contribution in [2.75, 3.05) is 18.6 Å². The molecule has 18 nitrogen and oxygen atoms in total. The summed E-state index contributed by atoms with van der Waals surface area (Å²) in [7, 11) is 1.45. The largest absolute Gasteiger partial charge is 1.00 e. The number of amides is 4. The van der Waals surface area contributed by atoms with E-state index >= 15 is 0 Å². The number of rotatable bonds is 10. The van der Waals surface area contributed by atoms with E-state index in [0.717, 1.165) is 28.0 Å². The van der Waals surface area contributed by atoms with E-state index < -0.39 is 64.6 Å². The molecule has 2 aliphatic heterocycles. The number of aliphatic carboxylic acids is 1. The van der Waals surface area contributed by atoms with Gasteiger partial charge in [0.15, 0.2) is 4.34 Å². The summed E-state index contributed by atoms with van der Waals surface area (Å²) in [5.74, 6) is -5.52. The molecule has 1 aromatic carbocycles. The summed E-state index contributed by atoms with van der Waals surface area (Å²) < 4.78 is 0.413. The Morgan fingerprint density at radius 3 is 2.46 bits per heavy atom. The van der Waals surface area contributed by atoms with E-state index in [1.807, 2.05) is 0 Å². The zero-order valence-electron chi connectivity index (χ0n) is 23.7. The fourth-order valence-corrected chi connectivity index (χ4v) is 7.54. The van der Waals surface area contributed by atoms with Gasteiger partial charge in [-0.3, -0.25) is 24.1 Å². The average molecular weight is 698 g/mol. The van der Waals surface area contributed by atoms with Crippen LogP contribution in [0.15, 0.2) is 39.9 Å². The van der Waals surface area contributed by atoms with Crippen LogP contribution in [0, 0.1) is 0 Å². The molecule has 0 bridgehead atoms. The van der Waals surface area contributed by atoms with E-state index in [4.69, 9.17) is 0 Å². The number of fused-ring (bicyclic) bond motifs is 1. The predicted molar refractivity (Wildman–Crippen MR) is 153 cm³/mol. The number of phenolic OH excluding ortho intramolecular Hbond substituents is 1. The Morgan fingerprint density at radius 1 is 1.09 bits per heavy atom. The van der Waals surface area contributed by atoms with Crippen LogP contribution in [0.2, 0.25) is 0 Å². The van der Waals surface area contributed by atoms with Crippen molar-refractivity contribution < 1.29 is 74.0 Å². The molecule has 46 heavy (non-hydrogen) atoms. The van der Waals surface area contributed by atoms with Crippen LogP contribution in [0.25, 0.3) is 0 Å². The van der Waals surface area contributed by atoms with Gasteiger partial charge in [0.1, 0.15) is 23.2 Å². The predicted octanol–water partition coefficient (Wildman–Crippen LogP) is -5.13. The third-order valence-electron chi connectivity index (χ3n) is 6.37. The van der Waals surface area contributed by atoms with Gasteiger partial charge in [-0.05, 0) is 23.3 Å². The van der Waals surface area contributed by atoms with Gasteiger partial charge in [0.2, 0.25) is 22.5 Å². The standard InChI is InChI=1S/C24H21N9O9S3.Na/c1-25-18(38)19-30-32-24(45-19)44-7-9-6-43-21-13(20(39)33(21)14(9)22(40)41)27-15(35)11(8-2-4-10(34)5-3-8)26-16(36)12-17(37)28-23(42)31-29-12;/h2-5,11,13,21,34H,6-7H2,1H3,(H,25,38)(H,26,36)(H,27,35)(H,40,41)(H2,28,31,37,42);/q;+1/p-1/t11?,13?,21-;/m1./s1. The quantitative estimate of drug-likeness (QED) is 0.0657. The number of carbonyl (C=O) groups excluding carboxylic acids is 5. The van der Waals surface area contributed by atoms with Crippen molar-refractivity contribution in [1.29, 1.82) is 0 Å². The summed E-state index contributed by atoms with van der Waals surface area (Å²) in [4.78, 5) is 67.6. The summed E-state index contributed by atoms with van der Waals surface area (Å²) in [5, 5.41) is 61.9. The van der Waals surface area contributed by atoms with Gasteiger partial charge in [0.05, 0.1) is 11.7 Å². The molecule has 0 aliphatic carbocycles. The Kier molecular flexibility index (Phi) is 11.1. The summed E-state index contributed by atoms with van der Waals surface area (Å²) in [6.45, 7) is 0. The number of carboxylic acid groups (broad SMARTS) is 1.